The number of amides is 1. The summed E-state index contributed by atoms with van der Waals surface area (Å²) in [5, 5.41) is 6.07. The van der Waals surface area contributed by atoms with Crippen molar-refractivity contribution < 1.29 is 22.4 Å². The number of carbonyl (C=O) groups is 1. The van der Waals surface area contributed by atoms with Gasteiger partial charge in [-0.25, -0.2) is 4.39 Å². The molecule has 0 aliphatic rings. The molecule has 27 heavy (non-hydrogen) atoms. The van der Waals surface area contributed by atoms with Gasteiger partial charge in [0.05, 0.1) is 11.3 Å². The van der Waals surface area contributed by atoms with E-state index in [1.54, 1.807) is 12.1 Å². The lowest BCUT2D eigenvalue weighted by atomic mass is 10.0. The van der Waals surface area contributed by atoms with E-state index >= 15 is 0 Å². The maximum atomic E-state index is 14.4. The average Bonchev–Trinajstić information content (AvgIpc) is 2.99. The molecule has 1 amide bonds. The molecular weight excluding hydrogens is 386 g/mol. The second-order valence-electron chi connectivity index (χ2n) is 5.69. The van der Waals surface area contributed by atoms with Crippen LogP contribution in [0.2, 0.25) is 5.02 Å². The van der Waals surface area contributed by atoms with Crippen LogP contribution in [0.25, 0.3) is 11.1 Å². The van der Waals surface area contributed by atoms with Gasteiger partial charge in [-0.3, -0.25) is 9.48 Å². The zero-order chi connectivity index (χ0) is 19.8. The third-order valence-corrected chi connectivity index (χ3v) is 3.99. The lowest BCUT2D eigenvalue weighted by Gasteiger charge is -2.13. The Bertz CT molecular complexity index is 997. The third kappa shape index (κ3) is 3.95. The van der Waals surface area contributed by atoms with Gasteiger partial charge in [0, 0.05) is 23.8 Å². The zero-order valence-corrected chi connectivity index (χ0v) is 14.6. The molecule has 0 aliphatic heterocycles. The van der Waals surface area contributed by atoms with Gasteiger partial charge >= 0.3 is 6.18 Å². The van der Waals surface area contributed by atoms with Crippen LogP contribution in [0.4, 0.5) is 23.2 Å². The highest BCUT2D eigenvalue weighted by atomic mass is 35.5. The van der Waals surface area contributed by atoms with Crippen LogP contribution in [0.1, 0.15) is 16.1 Å². The van der Waals surface area contributed by atoms with Gasteiger partial charge in [0.15, 0.2) is 5.69 Å². The van der Waals surface area contributed by atoms with Crippen molar-refractivity contribution in [1.82, 2.24) is 9.78 Å². The van der Waals surface area contributed by atoms with Gasteiger partial charge in [0.25, 0.3) is 5.91 Å². The number of aromatic nitrogens is 2. The third-order valence-electron chi connectivity index (χ3n) is 3.74. The van der Waals surface area contributed by atoms with Crippen LogP contribution in [0.5, 0.6) is 0 Å². The van der Waals surface area contributed by atoms with Crippen LogP contribution >= 0.6 is 11.6 Å². The summed E-state index contributed by atoms with van der Waals surface area (Å²) in [6.45, 7) is 0. The van der Waals surface area contributed by atoms with Crippen LogP contribution in [-0.2, 0) is 13.2 Å². The van der Waals surface area contributed by atoms with Gasteiger partial charge in [0.2, 0.25) is 0 Å². The Morgan fingerprint density at radius 1 is 1.15 bits per heavy atom. The molecule has 0 spiro atoms. The fraction of sp³-hybridized carbons (Fsp3) is 0.111. The van der Waals surface area contributed by atoms with Crippen molar-refractivity contribution >= 4 is 23.2 Å². The van der Waals surface area contributed by atoms with Crippen LogP contribution in [0.15, 0.2) is 48.7 Å². The zero-order valence-electron chi connectivity index (χ0n) is 13.8. The first kappa shape index (κ1) is 18.9. The Morgan fingerprint density at radius 3 is 2.44 bits per heavy atom. The molecule has 9 heteroatoms. The highest BCUT2D eigenvalue weighted by Crippen LogP contribution is 2.34. The summed E-state index contributed by atoms with van der Waals surface area (Å²) in [6.07, 6.45) is -3.84. The maximum absolute atomic E-state index is 14.4. The Balaban J connectivity index is 2.01. The van der Waals surface area contributed by atoms with E-state index in [4.69, 9.17) is 11.6 Å². The van der Waals surface area contributed by atoms with Crippen molar-refractivity contribution in [2.45, 2.75) is 6.18 Å². The molecule has 0 bridgehead atoms. The Kier molecular flexibility index (Phi) is 4.93. The first-order valence-corrected chi connectivity index (χ1v) is 8.01. The summed E-state index contributed by atoms with van der Waals surface area (Å²) < 4.78 is 54.5. The highest BCUT2D eigenvalue weighted by Gasteiger charge is 2.39. The number of hydrogen-bond acceptors (Lipinski definition) is 2. The molecule has 2 aromatic carbocycles. The smallest absolute Gasteiger partial charge is 0.321 e. The molecular formula is C18H12ClF4N3O. The standard InChI is InChI=1S/C18H12ClF4N3O/c1-26-9-12(16(25-26)18(21,22)23)17(27)24-14-4-2-3-13(20)15(14)10-5-7-11(19)8-6-10/h2-9H,1H3,(H,24,27). The Hall–Kier alpha value is -2.87. The minimum absolute atomic E-state index is 0.0271. The van der Waals surface area contributed by atoms with Crippen LogP contribution in [0, 0.1) is 5.82 Å². The SMILES string of the molecule is Cn1cc(C(=O)Nc2cccc(F)c2-c2ccc(Cl)cc2)c(C(F)(F)F)n1. The summed E-state index contributed by atoms with van der Waals surface area (Å²) in [4.78, 5) is 12.4. The molecule has 0 unspecified atom stereocenters. The van der Waals surface area contributed by atoms with Gasteiger partial charge in [-0.05, 0) is 29.8 Å². The predicted molar refractivity (Wildman–Crippen MR) is 93.0 cm³/mol. The van der Waals surface area contributed by atoms with Gasteiger partial charge in [-0.1, -0.05) is 29.8 Å². The van der Waals surface area contributed by atoms with E-state index in [1.165, 1.54) is 37.4 Å². The number of rotatable bonds is 3. The van der Waals surface area contributed by atoms with E-state index in [9.17, 15) is 22.4 Å². The highest BCUT2D eigenvalue weighted by molar-refractivity contribution is 6.30. The van der Waals surface area contributed by atoms with Gasteiger partial charge < -0.3 is 5.32 Å². The van der Waals surface area contributed by atoms with E-state index in [1.807, 2.05) is 0 Å². The molecule has 0 saturated carbocycles. The van der Waals surface area contributed by atoms with Gasteiger partial charge in [-0.2, -0.15) is 18.3 Å². The number of hydrogen-bond donors (Lipinski definition) is 1. The number of alkyl halides is 3. The average molecular weight is 398 g/mol. The summed E-state index contributed by atoms with van der Waals surface area (Å²) in [6, 6.07) is 10.1. The van der Waals surface area contributed by atoms with Crippen molar-refractivity contribution in [3.8, 4) is 11.1 Å². The number of nitrogens with one attached hydrogen (secondary N) is 1. The second kappa shape index (κ2) is 7.03. The summed E-state index contributed by atoms with van der Waals surface area (Å²) >= 11 is 5.83. The van der Waals surface area contributed by atoms with Crippen LogP contribution in [-0.4, -0.2) is 15.7 Å². The monoisotopic (exact) mass is 397 g/mol. The molecule has 1 aromatic heterocycles. The second-order valence-corrected chi connectivity index (χ2v) is 6.12. The molecule has 0 radical (unpaired) electrons. The molecule has 0 atom stereocenters. The minimum Gasteiger partial charge on any atom is -0.321 e. The van der Waals surface area contributed by atoms with Crippen molar-refractivity contribution in [2.75, 3.05) is 5.32 Å². The fourth-order valence-electron chi connectivity index (χ4n) is 2.59. The molecule has 140 valence electrons. The molecule has 4 nitrogen and oxygen atoms in total. The molecule has 0 saturated heterocycles. The molecule has 3 aromatic rings. The first-order valence-electron chi connectivity index (χ1n) is 7.63. The first-order chi connectivity index (χ1) is 12.7. The lowest BCUT2D eigenvalue weighted by Crippen LogP contribution is -2.18. The number of halogens is 5. The maximum Gasteiger partial charge on any atom is 0.435 e. The number of aryl methyl sites for hydroxylation is 1. The number of carbonyl (C=O) groups excluding carboxylic acids is 1. The molecule has 1 N–H and O–H groups in total. The van der Waals surface area contributed by atoms with E-state index in [0.29, 0.717) is 10.6 Å². The van der Waals surface area contributed by atoms with E-state index in [0.717, 1.165) is 10.9 Å². The predicted octanol–water partition coefficient (Wildman–Crippen LogP) is 5.15. The molecule has 1 heterocycles. The van der Waals surface area contributed by atoms with Crippen LogP contribution in [0.3, 0.4) is 0 Å². The lowest BCUT2D eigenvalue weighted by molar-refractivity contribution is -0.141. The van der Waals surface area contributed by atoms with Gasteiger partial charge in [0.1, 0.15) is 5.82 Å². The topological polar surface area (TPSA) is 46.9 Å². The van der Waals surface area contributed by atoms with Crippen molar-refractivity contribution in [3.05, 3.63) is 70.8 Å². The van der Waals surface area contributed by atoms with E-state index in [-0.39, 0.29) is 11.3 Å². The molecule has 0 aliphatic carbocycles. The van der Waals surface area contributed by atoms with Crippen LogP contribution < -0.4 is 5.32 Å². The van der Waals surface area contributed by atoms with E-state index in [2.05, 4.69) is 10.4 Å². The van der Waals surface area contributed by atoms with Crippen molar-refractivity contribution in [1.29, 1.82) is 0 Å². The number of anilines is 1. The minimum atomic E-state index is -4.80. The largest absolute Gasteiger partial charge is 0.435 e. The van der Waals surface area contributed by atoms with Gasteiger partial charge in [-0.15, -0.1) is 0 Å². The molecule has 3 rings (SSSR count). The Labute approximate surface area is 156 Å². The molecule has 0 fully saturated rings. The Morgan fingerprint density at radius 2 is 1.81 bits per heavy atom. The number of benzene rings is 2. The van der Waals surface area contributed by atoms with E-state index < -0.39 is 29.2 Å². The van der Waals surface area contributed by atoms with Crippen molar-refractivity contribution in [3.63, 3.8) is 0 Å². The number of nitrogens with zero attached hydrogens (tertiary/aromatic N) is 2. The summed E-state index contributed by atoms with van der Waals surface area (Å²) in [7, 11) is 1.27. The summed E-state index contributed by atoms with van der Waals surface area (Å²) in [5.41, 5.74) is -1.49. The fourth-order valence-corrected chi connectivity index (χ4v) is 2.72. The normalized spacial score (nSPS) is 11.5. The summed E-state index contributed by atoms with van der Waals surface area (Å²) in [5.74, 6) is -1.69. The van der Waals surface area contributed by atoms with Crippen molar-refractivity contribution in [2.24, 2.45) is 7.05 Å². The quantitative estimate of drug-likeness (QED) is 0.621.